The van der Waals surface area contributed by atoms with Gasteiger partial charge in [-0.05, 0) is 73.6 Å². The van der Waals surface area contributed by atoms with Crippen LogP contribution in [0.2, 0.25) is 0 Å². The van der Waals surface area contributed by atoms with Crippen LogP contribution in [0, 0.1) is 0 Å². The van der Waals surface area contributed by atoms with Gasteiger partial charge in [-0.25, -0.2) is 8.42 Å². The Labute approximate surface area is 195 Å². The Morgan fingerprint density at radius 1 is 0.939 bits per heavy atom. The molecule has 0 saturated carbocycles. The van der Waals surface area contributed by atoms with E-state index in [1.165, 1.54) is 9.87 Å². The lowest BCUT2D eigenvalue weighted by molar-refractivity contribution is -0.134. The van der Waals surface area contributed by atoms with Gasteiger partial charge >= 0.3 is 0 Å². The fourth-order valence-corrected chi connectivity index (χ4v) is 5.82. The van der Waals surface area contributed by atoms with Crippen molar-refractivity contribution in [2.24, 2.45) is 0 Å². The van der Waals surface area contributed by atoms with Crippen LogP contribution >= 0.6 is 0 Å². The molecule has 8 heteroatoms. The first-order chi connectivity index (χ1) is 15.8. The third-order valence-corrected chi connectivity index (χ3v) is 8.25. The van der Waals surface area contributed by atoms with Crippen molar-refractivity contribution in [1.29, 1.82) is 0 Å². The molecule has 1 aliphatic carbocycles. The maximum absolute atomic E-state index is 13.1. The molecular formula is C25H30N2O5S. The lowest BCUT2D eigenvalue weighted by Gasteiger charge is -2.34. The van der Waals surface area contributed by atoms with Crippen LogP contribution in [0.15, 0.2) is 47.4 Å². The van der Waals surface area contributed by atoms with Gasteiger partial charge in [0.1, 0.15) is 11.5 Å². The molecule has 4 rings (SSSR count). The smallest absolute Gasteiger partial charge is 0.260 e. The SMILES string of the molecule is CC(=O)CCc1ccc(OCC(=O)N2CCN(S(=O)(=O)c3ccc4c(c3)CCC4)CC2)cc1. The molecule has 0 atom stereocenters. The number of ketones is 1. The largest absolute Gasteiger partial charge is 0.484 e. The number of hydrogen-bond donors (Lipinski definition) is 0. The number of benzene rings is 2. The first-order valence-corrected chi connectivity index (χ1v) is 12.9. The zero-order valence-electron chi connectivity index (χ0n) is 19.0. The van der Waals surface area contributed by atoms with E-state index < -0.39 is 10.0 Å². The number of fused-ring (bicyclic) bond motifs is 1. The molecule has 176 valence electrons. The van der Waals surface area contributed by atoms with Crippen molar-refractivity contribution in [3.8, 4) is 5.75 Å². The van der Waals surface area contributed by atoms with Crippen molar-refractivity contribution in [2.75, 3.05) is 32.8 Å². The quantitative estimate of drug-likeness (QED) is 0.592. The summed E-state index contributed by atoms with van der Waals surface area (Å²) in [4.78, 5) is 25.7. The van der Waals surface area contributed by atoms with Crippen LogP contribution in [-0.4, -0.2) is 62.1 Å². The number of carbonyl (C=O) groups is 2. The van der Waals surface area contributed by atoms with Gasteiger partial charge in [-0.2, -0.15) is 4.31 Å². The lowest BCUT2D eigenvalue weighted by Crippen LogP contribution is -2.51. The number of hydrogen-bond acceptors (Lipinski definition) is 5. The van der Waals surface area contributed by atoms with E-state index in [0.29, 0.717) is 36.6 Å². The van der Waals surface area contributed by atoms with Crippen LogP contribution in [0.1, 0.15) is 36.5 Å². The second-order valence-corrected chi connectivity index (χ2v) is 10.6. The molecule has 1 fully saturated rings. The van der Waals surface area contributed by atoms with Crippen LogP contribution in [-0.2, 0) is 38.9 Å². The van der Waals surface area contributed by atoms with Gasteiger partial charge in [0.2, 0.25) is 10.0 Å². The molecule has 2 aromatic carbocycles. The van der Waals surface area contributed by atoms with Crippen molar-refractivity contribution in [2.45, 2.75) is 43.9 Å². The van der Waals surface area contributed by atoms with Gasteiger partial charge in [0.15, 0.2) is 6.61 Å². The predicted octanol–water partition coefficient (Wildman–Crippen LogP) is 2.61. The number of nitrogens with zero attached hydrogens (tertiary/aromatic N) is 2. The number of carbonyl (C=O) groups excluding carboxylic acids is 2. The maximum Gasteiger partial charge on any atom is 0.260 e. The summed E-state index contributed by atoms with van der Waals surface area (Å²) in [6, 6.07) is 12.8. The van der Waals surface area contributed by atoms with E-state index in [1.807, 2.05) is 24.3 Å². The van der Waals surface area contributed by atoms with E-state index in [2.05, 4.69) is 0 Å². The highest BCUT2D eigenvalue weighted by molar-refractivity contribution is 7.89. The predicted molar refractivity (Wildman–Crippen MR) is 125 cm³/mol. The van der Waals surface area contributed by atoms with E-state index in [0.717, 1.165) is 30.4 Å². The fourth-order valence-electron chi connectivity index (χ4n) is 4.34. The summed E-state index contributed by atoms with van der Waals surface area (Å²) in [7, 11) is -3.56. The molecule has 0 radical (unpaired) electrons. The molecular weight excluding hydrogens is 440 g/mol. The van der Waals surface area contributed by atoms with E-state index in [4.69, 9.17) is 4.74 Å². The average molecular weight is 471 g/mol. The molecule has 0 aromatic heterocycles. The van der Waals surface area contributed by atoms with E-state index in [1.54, 1.807) is 30.0 Å². The lowest BCUT2D eigenvalue weighted by atomic mass is 10.1. The van der Waals surface area contributed by atoms with Gasteiger partial charge in [-0.3, -0.25) is 4.79 Å². The number of Topliss-reactive ketones (excluding diaryl/α,β-unsaturated/α-hetero) is 1. The molecule has 1 aliphatic heterocycles. The highest BCUT2D eigenvalue weighted by Gasteiger charge is 2.31. The number of piperazine rings is 1. The molecule has 0 bridgehead atoms. The monoisotopic (exact) mass is 470 g/mol. The molecule has 33 heavy (non-hydrogen) atoms. The molecule has 0 N–H and O–H groups in total. The second kappa shape index (κ2) is 10.1. The highest BCUT2D eigenvalue weighted by Crippen LogP contribution is 2.26. The van der Waals surface area contributed by atoms with Gasteiger partial charge in [-0.15, -0.1) is 0 Å². The number of amides is 1. The van der Waals surface area contributed by atoms with E-state index in [-0.39, 0.29) is 31.4 Å². The summed E-state index contributed by atoms with van der Waals surface area (Å²) < 4.78 is 33.2. The molecule has 7 nitrogen and oxygen atoms in total. The summed E-state index contributed by atoms with van der Waals surface area (Å²) in [5.41, 5.74) is 3.42. The minimum Gasteiger partial charge on any atom is -0.484 e. The Morgan fingerprint density at radius 2 is 1.64 bits per heavy atom. The number of ether oxygens (including phenoxy) is 1. The Hall–Kier alpha value is -2.71. The Kier molecular flexibility index (Phi) is 7.14. The summed E-state index contributed by atoms with van der Waals surface area (Å²) in [5, 5.41) is 0. The number of rotatable bonds is 8. The second-order valence-electron chi connectivity index (χ2n) is 8.70. The van der Waals surface area contributed by atoms with Crippen molar-refractivity contribution in [3.63, 3.8) is 0 Å². The number of aryl methyl sites for hydroxylation is 3. The summed E-state index contributed by atoms with van der Waals surface area (Å²) >= 11 is 0. The standard InChI is InChI=1S/C25H30N2O5S/c1-19(28)5-6-20-7-10-23(11-8-20)32-18-25(29)26-13-15-27(16-14-26)33(30,31)24-12-9-21-3-2-4-22(21)17-24/h7-12,17H,2-6,13-16,18H2,1H3. The van der Waals surface area contributed by atoms with Crippen LogP contribution in [0.25, 0.3) is 0 Å². The fraction of sp³-hybridized carbons (Fsp3) is 0.440. The molecule has 1 amide bonds. The minimum atomic E-state index is -3.56. The molecule has 2 aromatic rings. The third kappa shape index (κ3) is 5.62. The normalized spacial score (nSPS) is 16.5. The molecule has 1 saturated heterocycles. The Morgan fingerprint density at radius 3 is 2.33 bits per heavy atom. The summed E-state index contributed by atoms with van der Waals surface area (Å²) in [5.74, 6) is 0.582. The maximum atomic E-state index is 13.1. The van der Waals surface area contributed by atoms with Crippen LogP contribution in [0.4, 0.5) is 0 Å². The van der Waals surface area contributed by atoms with Gasteiger partial charge in [0.25, 0.3) is 5.91 Å². The van der Waals surface area contributed by atoms with Crippen LogP contribution in [0.3, 0.4) is 0 Å². The van der Waals surface area contributed by atoms with Gasteiger partial charge in [-0.1, -0.05) is 18.2 Å². The highest BCUT2D eigenvalue weighted by atomic mass is 32.2. The molecule has 0 spiro atoms. The third-order valence-electron chi connectivity index (χ3n) is 6.35. The van der Waals surface area contributed by atoms with Gasteiger partial charge in [0, 0.05) is 32.6 Å². The van der Waals surface area contributed by atoms with Gasteiger partial charge < -0.3 is 14.4 Å². The summed E-state index contributed by atoms with van der Waals surface area (Å²) in [6.45, 7) is 2.72. The first kappa shape index (κ1) is 23.4. The van der Waals surface area contributed by atoms with Crippen molar-refractivity contribution >= 4 is 21.7 Å². The topological polar surface area (TPSA) is 84.0 Å². The first-order valence-electron chi connectivity index (χ1n) is 11.4. The van der Waals surface area contributed by atoms with Crippen LogP contribution < -0.4 is 4.74 Å². The minimum absolute atomic E-state index is 0.0929. The van der Waals surface area contributed by atoms with E-state index >= 15 is 0 Å². The van der Waals surface area contributed by atoms with Crippen molar-refractivity contribution in [1.82, 2.24) is 9.21 Å². The van der Waals surface area contributed by atoms with Crippen molar-refractivity contribution < 1.29 is 22.7 Å². The average Bonchev–Trinajstić information content (AvgIpc) is 3.30. The zero-order chi connectivity index (χ0) is 23.4. The molecule has 1 heterocycles. The van der Waals surface area contributed by atoms with Gasteiger partial charge in [0.05, 0.1) is 4.90 Å². The summed E-state index contributed by atoms with van der Waals surface area (Å²) in [6.07, 6.45) is 4.22. The Bertz CT molecular complexity index is 1120. The molecule has 0 unspecified atom stereocenters. The van der Waals surface area contributed by atoms with E-state index in [9.17, 15) is 18.0 Å². The van der Waals surface area contributed by atoms with Crippen molar-refractivity contribution in [3.05, 3.63) is 59.2 Å². The zero-order valence-corrected chi connectivity index (χ0v) is 19.8. The Balaban J connectivity index is 1.27. The number of sulfonamides is 1. The van der Waals surface area contributed by atoms with Crippen LogP contribution in [0.5, 0.6) is 5.75 Å². The molecule has 2 aliphatic rings.